The van der Waals surface area contributed by atoms with Gasteiger partial charge in [-0.05, 0) is 31.2 Å². The van der Waals surface area contributed by atoms with Gasteiger partial charge in [-0.25, -0.2) is 0 Å². The standard InChI is InChI=1S/C9H17O3Si/c1-10-13(11-2)6-7-3-4-8-9(5-7)12-8/h7-9H,3-6H2,1-2H3. The highest BCUT2D eigenvalue weighted by atomic mass is 28.3. The molecule has 2 rings (SSSR count). The number of hydrogen-bond donors (Lipinski definition) is 0. The number of fused-ring (bicyclic) bond motifs is 1. The van der Waals surface area contributed by atoms with E-state index in [0.29, 0.717) is 12.2 Å². The molecular weight excluding hydrogens is 184 g/mol. The Labute approximate surface area is 81.2 Å². The van der Waals surface area contributed by atoms with Gasteiger partial charge in [0.2, 0.25) is 0 Å². The normalized spacial score (nSPS) is 37.6. The van der Waals surface area contributed by atoms with Crippen LogP contribution in [0.1, 0.15) is 19.3 Å². The molecule has 1 aliphatic carbocycles. The number of ether oxygens (including phenoxy) is 1. The first kappa shape index (κ1) is 9.64. The van der Waals surface area contributed by atoms with Crippen LogP contribution < -0.4 is 0 Å². The molecule has 2 fully saturated rings. The number of rotatable bonds is 4. The molecule has 0 N–H and O–H groups in total. The predicted molar refractivity (Wildman–Crippen MR) is 50.6 cm³/mol. The average Bonchev–Trinajstić information content (AvgIpc) is 2.92. The van der Waals surface area contributed by atoms with Crippen LogP contribution in [0.3, 0.4) is 0 Å². The number of hydrogen-bond acceptors (Lipinski definition) is 3. The minimum atomic E-state index is -0.982. The fourth-order valence-electron chi connectivity index (χ4n) is 2.16. The van der Waals surface area contributed by atoms with Gasteiger partial charge in [-0.2, -0.15) is 0 Å². The summed E-state index contributed by atoms with van der Waals surface area (Å²) in [7, 11) is 2.51. The van der Waals surface area contributed by atoms with Crippen molar-refractivity contribution in [3.8, 4) is 0 Å². The highest BCUT2D eigenvalue weighted by molar-refractivity contribution is 6.44. The molecule has 0 aromatic rings. The molecule has 75 valence electrons. The Balaban J connectivity index is 1.73. The first-order chi connectivity index (χ1) is 6.33. The molecule has 0 spiro atoms. The zero-order valence-electron chi connectivity index (χ0n) is 8.29. The molecule has 1 heterocycles. The van der Waals surface area contributed by atoms with Crippen LogP contribution in [0.4, 0.5) is 0 Å². The van der Waals surface area contributed by atoms with Gasteiger partial charge in [0.15, 0.2) is 0 Å². The van der Waals surface area contributed by atoms with Gasteiger partial charge in [-0.15, -0.1) is 0 Å². The van der Waals surface area contributed by atoms with Crippen molar-refractivity contribution in [2.24, 2.45) is 5.92 Å². The Bertz CT molecular complexity index is 172. The minimum absolute atomic E-state index is 0.579. The summed E-state index contributed by atoms with van der Waals surface area (Å²) in [5, 5.41) is 0. The van der Waals surface area contributed by atoms with Crippen molar-refractivity contribution in [1.29, 1.82) is 0 Å². The SMILES string of the molecule is CO[Si](CC1CCC2OC2C1)OC. The van der Waals surface area contributed by atoms with Gasteiger partial charge < -0.3 is 13.6 Å². The lowest BCUT2D eigenvalue weighted by Crippen LogP contribution is -2.25. The van der Waals surface area contributed by atoms with Crippen molar-refractivity contribution in [1.82, 2.24) is 0 Å². The van der Waals surface area contributed by atoms with E-state index in [4.69, 9.17) is 13.6 Å². The van der Waals surface area contributed by atoms with E-state index in [9.17, 15) is 0 Å². The lowest BCUT2D eigenvalue weighted by Gasteiger charge is -2.20. The van der Waals surface area contributed by atoms with E-state index in [2.05, 4.69) is 0 Å². The van der Waals surface area contributed by atoms with E-state index < -0.39 is 9.28 Å². The largest absolute Gasteiger partial charge is 0.397 e. The van der Waals surface area contributed by atoms with Crippen LogP contribution in [-0.4, -0.2) is 35.7 Å². The maximum atomic E-state index is 5.49. The summed E-state index contributed by atoms with van der Waals surface area (Å²) < 4.78 is 16.1. The van der Waals surface area contributed by atoms with E-state index in [-0.39, 0.29) is 0 Å². The maximum absolute atomic E-state index is 5.49. The van der Waals surface area contributed by atoms with Crippen LogP contribution >= 0.6 is 0 Å². The molecule has 3 nitrogen and oxygen atoms in total. The summed E-state index contributed by atoms with van der Waals surface area (Å²) in [5.41, 5.74) is 0. The highest BCUT2D eigenvalue weighted by Crippen LogP contribution is 2.41. The summed E-state index contributed by atoms with van der Waals surface area (Å²) in [4.78, 5) is 0. The van der Waals surface area contributed by atoms with Crippen LogP contribution in [0.15, 0.2) is 0 Å². The van der Waals surface area contributed by atoms with Crippen LogP contribution in [0.5, 0.6) is 0 Å². The molecule has 1 saturated heterocycles. The van der Waals surface area contributed by atoms with Gasteiger partial charge in [0.25, 0.3) is 0 Å². The highest BCUT2D eigenvalue weighted by Gasteiger charge is 2.44. The number of epoxide rings is 1. The first-order valence-electron chi connectivity index (χ1n) is 4.92. The van der Waals surface area contributed by atoms with E-state index in [0.717, 1.165) is 12.0 Å². The van der Waals surface area contributed by atoms with Crippen molar-refractivity contribution in [3.05, 3.63) is 0 Å². The van der Waals surface area contributed by atoms with Gasteiger partial charge in [-0.3, -0.25) is 0 Å². The Hall–Kier alpha value is 0.0969. The molecule has 0 aromatic carbocycles. The van der Waals surface area contributed by atoms with Crippen molar-refractivity contribution in [2.75, 3.05) is 14.2 Å². The molecule has 13 heavy (non-hydrogen) atoms. The lowest BCUT2D eigenvalue weighted by molar-refractivity contribution is 0.262. The maximum Gasteiger partial charge on any atom is 0.384 e. The molecule has 0 amide bonds. The van der Waals surface area contributed by atoms with E-state index in [1.807, 2.05) is 0 Å². The first-order valence-corrected chi connectivity index (χ1v) is 6.45. The minimum Gasteiger partial charge on any atom is -0.397 e. The quantitative estimate of drug-likeness (QED) is 0.508. The fourth-order valence-corrected chi connectivity index (χ4v) is 3.50. The Morgan fingerprint density at radius 3 is 2.62 bits per heavy atom. The van der Waals surface area contributed by atoms with Crippen molar-refractivity contribution < 1.29 is 13.6 Å². The third-order valence-electron chi connectivity index (χ3n) is 3.02. The zero-order chi connectivity index (χ0) is 9.26. The summed E-state index contributed by atoms with van der Waals surface area (Å²) in [6, 6.07) is 1.12. The van der Waals surface area contributed by atoms with Gasteiger partial charge in [-0.1, -0.05) is 0 Å². The molecule has 0 aromatic heterocycles. The Morgan fingerprint density at radius 2 is 2.00 bits per heavy atom. The summed E-state index contributed by atoms with van der Waals surface area (Å²) in [6.07, 6.45) is 4.96. The molecule has 3 atom stereocenters. The Kier molecular flexibility index (Phi) is 3.03. The molecule has 4 heteroatoms. The second-order valence-electron chi connectivity index (χ2n) is 3.88. The second kappa shape index (κ2) is 4.08. The van der Waals surface area contributed by atoms with E-state index in [1.54, 1.807) is 14.2 Å². The summed E-state index contributed by atoms with van der Waals surface area (Å²) in [6.45, 7) is 0. The van der Waals surface area contributed by atoms with Crippen LogP contribution in [-0.2, 0) is 13.6 Å². The lowest BCUT2D eigenvalue weighted by atomic mass is 9.91. The van der Waals surface area contributed by atoms with Gasteiger partial charge >= 0.3 is 9.28 Å². The summed E-state index contributed by atoms with van der Waals surface area (Å²) >= 11 is 0. The molecular formula is C9H17O3Si. The third kappa shape index (κ3) is 2.31. The van der Waals surface area contributed by atoms with Gasteiger partial charge in [0, 0.05) is 14.2 Å². The molecule has 1 aliphatic heterocycles. The van der Waals surface area contributed by atoms with Crippen LogP contribution in [0.2, 0.25) is 6.04 Å². The molecule has 3 unspecified atom stereocenters. The smallest absolute Gasteiger partial charge is 0.384 e. The summed E-state index contributed by atoms with van der Waals surface area (Å²) in [5.74, 6) is 0.775. The molecule has 0 bridgehead atoms. The van der Waals surface area contributed by atoms with E-state index >= 15 is 0 Å². The Morgan fingerprint density at radius 1 is 1.23 bits per heavy atom. The topological polar surface area (TPSA) is 31.0 Å². The molecule has 1 radical (unpaired) electrons. The van der Waals surface area contributed by atoms with Crippen LogP contribution in [0.25, 0.3) is 0 Å². The van der Waals surface area contributed by atoms with Crippen molar-refractivity contribution in [2.45, 2.75) is 37.5 Å². The van der Waals surface area contributed by atoms with Crippen molar-refractivity contribution >= 4 is 9.28 Å². The zero-order valence-corrected chi connectivity index (χ0v) is 9.29. The predicted octanol–water partition coefficient (Wildman–Crippen LogP) is 1.33. The fraction of sp³-hybridized carbons (Fsp3) is 1.00. The third-order valence-corrected chi connectivity index (χ3v) is 4.84. The monoisotopic (exact) mass is 201 g/mol. The van der Waals surface area contributed by atoms with Crippen LogP contribution in [0, 0.1) is 5.92 Å². The average molecular weight is 201 g/mol. The van der Waals surface area contributed by atoms with Gasteiger partial charge in [0.05, 0.1) is 12.2 Å². The van der Waals surface area contributed by atoms with Gasteiger partial charge in [0.1, 0.15) is 0 Å². The van der Waals surface area contributed by atoms with Crippen molar-refractivity contribution in [3.63, 3.8) is 0 Å². The van der Waals surface area contributed by atoms with E-state index in [1.165, 1.54) is 19.3 Å². The second-order valence-corrected chi connectivity index (χ2v) is 5.85. The molecule has 2 aliphatic rings. The molecule has 1 saturated carbocycles.